The van der Waals surface area contributed by atoms with Crippen molar-refractivity contribution in [1.82, 2.24) is 14.9 Å². The quantitative estimate of drug-likeness (QED) is 0.734. The Morgan fingerprint density at radius 1 is 1.39 bits per heavy atom. The van der Waals surface area contributed by atoms with Gasteiger partial charge in [-0.15, -0.1) is 0 Å². The monoisotopic (exact) mass is 252 g/mol. The highest BCUT2D eigenvalue weighted by atomic mass is 16.5. The Morgan fingerprint density at radius 2 is 2.11 bits per heavy atom. The highest BCUT2D eigenvalue weighted by Gasteiger charge is 2.14. The maximum atomic E-state index is 12.1. The molecule has 1 aromatic rings. The zero-order valence-corrected chi connectivity index (χ0v) is 11.1. The smallest absolute Gasteiger partial charge is 0.272 e. The van der Waals surface area contributed by atoms with E-state index in [9.17, 15) is 4.79 Å². The Hall–Kier alpha value is -1.69. The van der Waals surface area contributed by atoms with E-state index >= 15 is 0 Å². The molecule has 0 aromatic carbocycles. The van der Waals surface area contributed by atoms with Crippen LogP contribution in [0.2, 0.25) is 0 Å². The molecule has 0 atom stereocenters. The zero-order valence-electron chi connectivity index (χ0n) is 11.1. The second-order valence-electron chi connectivity index (χ2n) is 3.69. The number of rotatable bonds is 7. The Morgan fingerprint density at radius 3 is 2.72 bits per heavy atom. The summed E-state index contributed by atoms with van der Waals surface area (Å²) in [5.74, 6) is 0.565. The van der Waals surface area contributed by atoms with Gasteiger partial charge in [0.1, 0.15) is 17.8 Å². The van der Waals surface area contributed by atoms with Crippen LogP contribution in [0.25, 0.3) is 0 Å². The van der Waals surface area contributed by atoms with Crippen LogP contribution in [0.4, 0.5) is 5.82 Å². The lowest BCUT2D eigenvalue weighted by molar-refractivity contribution is 0.0767. The second kappa shape index (κ2) is 7.60. The minimum atomic E-state index is -0.0720. The van der Waals surface area contributed by atoms with E-state index in [1.807, 2.05) is 13.8 Å². The molecule has 100 valence electrons. The van der Waals surface area contributed by atoms with Crippen molar-refractivity contribution in [3.8, 4) is 0 Å². The van der Waals surface area contributed by atoms with E-state index < -0.39 is 0 Å². The molecule has 1 N–H and O–H groups in total. The normalized spacial score (nSPS) is 10.2. The summed E-state index contributed by atoms with van der Waals surface area (Å²) in [6, 6.07) is 1.66. The molecule has 18 heavy (non-hydrogen) atoms. The van der Waals surface area contributed by atoms with Crippen LogP contribution in [-0.4, -0.2) is 54.1 Å². The fraction of sp³-hybridized carbons (Fsp3) is 0.583. The van der Waals surface area contributed by atoms with Gasteiger partial charge in [0, 0.05) is 32.8 Å². The van der Waals surface area contributed by atoms with Gasteiger partial charge in [0.2, 0.25) is 0 Å². The number of anilines is 1. The van der Waals surface area contributed by atoms with Gasteiger partial charge in [0.25, 0.3) is 5.91 Å². The number of carbonyl (C=O) groups excluding carboxylic acids is 1. The van der Waals surface area contributed by atoms with Crippen LogP contribution >= 0.6 is 0 Å². The van der Waals surface area contributed by atoms with Gasteiger partial charge < -0.3 is 15.0 Å². The summed E-state index contributed by atoms with van der Waals surface area (Å²) in [5, 5.41) is 3.07. The average Bonchev–Trinajstić information content (AvgIpc) is 2.41. The largest absolute Gasteiger partial charge is 0.383 e. The molecule has 1 aromatic heterocycles. The molecule has 0 radical (unpaired) electrons. The van der Waals surface area contributed by atoms with Crippen molar-refractivity contribution in [3.63, 3.8) is 0 Å². The van der Waals surface area contributed by atoms with E-state index in [-0.39, 0.29) is 5.91 Å². The first-order chi connectivity index (χ1) is 8.72. The number of nitrogens with zero attached hydrogens (tertiary/aromatic N) is 3. The van der Waals surface area contributed by atoms with E-state index in [1.165, 1.54) is 6.33 Å². The summed E-state index contributed by atoms with van der Waals surface area (Å²) in [5.41, 5.74) is 0.411. The first-order valence-corrected chi connectivity index (χ1v) is 6.07. The van der Waals surface area contributed by atoms with Crippen molar-refractivity contribution >= 4 is 11.7 Å². The van der Waals surface area contributed by atoms with E-state index in [0.29, 0.717) is 37.8 Å². The van der Waals surface area contributed by atoms with Crippen LogP contribution in [0.15, 0.2) is 12.4 Å². The van der Waals surface area contributed by atoms with Crippen LogP contribution in [0, 0.1) is 0 Å². The van der Waals surface area contributed by atoms with Gasteiger partial charge >= 0.3 is 0 Å². The van der Waals surface area contributed by atoms with E-state index in [0.717, 1.165) is 0 Å². The molecule has 6 heteroatoms. The molecule has 0 saturated carbocycles. The number of methoxy groups -OCH3 is 1. The van der Waals surface area contributed by atoms with Crippen molar-refractivity contribution in [2.24, 2.45) is 0 Å². The fourth-order valence-electron chi connectivity index (χ4n) is 1.52. The van der Waals surface area contributed by atoms with Crippen LogP contribution in [0.3, 0.4) is 0 Å². The van der Waals surface area contributed by atoms with Crippen molar-refractivity contribution in [1.29, 1.82) is 0 Å². The number of nitrogens with one attached hydrogen (secondary N) is 1. The van der Waals surface area contributed by atoms with E-state index in [2.05, 4.69) is 15.3 Å². The van der Waals surface area contributed by atoms with Gasteiger partial charge in [0.05, 0.1) is 6.61 Å². The number of carbonyl (C=O) groups is 1. The van der Waals surface area contributed by atoms with Crippen molar-refractivity contribution in [2.45, 2.75) is 13.8 Å². The molecule has 0 aliphatic heterocycles. The molecule has 0 aliphatic carbocycles. The number of hydrogen-bond acceptors (Lipinski definition) is 5. The zero-order chi connectivity index (χ0) is 13.4. The maximum Gasteiger partial charge on any atom is 0.272 e. The summed E-state index contributed by atoms with van der Waals surface area (Å²) in [6.07, 6.45) is 1.39. The number of amides is 1. The molecular weight excluding hydrogens is 232 g/mol. The van der Waals surface area contributed by atoms with Crippen LogP contribution < -0.4 is 5.32 Å². The van der Waals surface area contributed by atoms with Gasteiger partial charge in [-0.2, -0.15) is 0 Å². The lowest BCUT2D eigenvalue weighted by atomic mass is 10.3. The van der Waals surface area contributed by atoms with Crippen LogP contribution in [-0.2, 0) is 4.74 Å². The first kappa shape index (κ1) is 14.4. The average molecular weight is 252 g/mol. The molecule has 1 amide bonds. The molecule has 0 fully saturated rings. The van der Waals surface area contributed by atoms with Gasteiger partial charge in [-0.05, 0) is 13.8 Å². The van der Waals surface area contributed by atoms with Crippen molar-refractivity contribution in [2.75, 3.05) is 38.7 Å². The standard InChI is InChI=1S/C12H20N4O2/c1-4-16(5-2)12(17)10-8-11(15-9-14-10)13-6-7-18-3/h8-9H,4-7H2,1-3H3,(H,13,14,15). The SMILES string of the molecule is CCN(CC)C(=O)c1cc(NCCOC)ncn1. The maximum absolute atomic E-state index is 12.1. The predicted octanol–water partition coefficient (Wildman–Crippen LogP) is 1.02. The first-order valence-electron chi connectivity index (χ1n) is 6.07. The Balaban J connectivity index is 2.71. The molecule has 0 unspecified atom stereocenters. The molecule has 1 rings (SSSR count). The van der Waals surface area contributed by atoms with Crippen LogP contribution in [0.1, 0.15) is 24.3 Å². The molecule has 6 nitrogen and oxygen atoms in total. The third-order valence-corrected chi connectivity index (χ3v) is 2.55. The highest BCUT2D eigenvalue weighted by Crippen LogP contribution is 2.06. The van der Waals surface area contributed by atoms with Crippen LogP contribution in [0.5, 0.6) is 0 Å². The number of hydrogen-bond donors (Lipinski definition) is 1. The van der Waals surface area contributed by atoms with Crippen molar-refractivity contribution in [3.05, 3.63) is 18.1 Å². The molecular formula is C12H20N4O2. The molecule has 0 bridgehead atoms. The summed E-state index contributed by atoms with van der Waals surface area (Å²) in [4.78, 5) is 21.9. The summed E-state index contributed by atoms with van der Waals surface area (Å²) >= 11 is 0. The Bertz CT molecular complexity index is 380. The molecule has 1 heterocycles. The predicted molar refractivity (Wildman–Crippen MR) is 69.6 cm³/mol. The summed E-state index contributed by atoms with van der Waals surface area (Å²) in [7, 11) is 1.64. The van der Waals surface area contributed by atoms with Gasteiger partial charge in [-0.3, -0.25) is 4.79 Å². The molecule has 0 saturated heterocycles. The third-order valence-electron chi connectivity index (χ3n) is 2.55. The van der Waals surface area contributed by atoms with Gasteiger partial charge in [-0.25, -0.2) is 9.97 Å². The lowest BCUT2D eigenvalue weighted by Crippen LogP contribution is -2.31. The minimum Gasteiger partial charge on any atom is -0.383 e. The highest BCUT2D eigenvalue weighted by molar-refractivity contribution is 5.92. The lowest BCUT2D eigenvalue weighted by Gasteiger charge is -2.18. The van der Waals surface area contributed by atoms with Gasteiger partial charge in [-0.1, -0.05) is 0 Å². The van der Waals surface area contributed by atoms with Gasteiger partial charge in [0.15, 0.2) is 0 Å². The van der Waals surface area contributed by atoms with Crippen molar-refractivity contribution < 1.29 is 9.53 Å². The second-order valence-corrected chi connectivity index (χ2v) is 3.69. The third kappa shape index (κ3) is 3.96. The number of aromatic nitrogens is 2. The topological polar surface area (TPSA) is 67.4 Å². The molecule has 0 aliphatic rings. The number of ether oxygens (including phenoxy) is 1. The fourth-order valence-corrected chi connectivity index (χ4v) is 1.52. The Labute approximate surface area is 107 Å². The van der Waals surface area contributed by atoms with E-state index in [4.69, 9.17) is 4.74 Å². The Kier molecular flexibility index (Phi) is 6.07. The summed E-state index contributed by atoms with van der Waals surface area (Å²) in [6.45, 7) is 6.47. The summed E-state index contributed by atoms with van der Waals surface area (Å²) < 4.78 is 4.93. The molecule has 0 spiro atoms. The minimum absolute atomic E-state index is 0.0720. The van der Waals surface area contributed by atoms with E-state index in [1.54, 1.807) is 18.1 Å².